The van der Waals surface area contributed by atoms with E-state index in [1.807, 2.05) is 48.5 Å². The van der Waals surface area contributed by atoms with Gasteiger partial charge in [0.1, 0.15) is 159 Å². The van der Waals surface area contributed by atoms with Crippen molar-refractivity contribution in [3.8, 4) is 11.8 Å². The van der Waals surface area contributed by atoms with Crippen molar-refractivity contribution in [1.82, 2.24) is 30.7 Å². The molecule has 24 saturated heterocycles. The lowest BCUT2D eigenvalue weighted by Gasteiger charge is -2.51. The zero-order chi connectivity index (χ0) is 107. The van der Waals surface area contributed by atoms with Crippen LogP contribution >= 0.6 is 0 Å². The second kappa shape index (κ2) is 54.1. The van der Waals surface area contributed by atoms with Gasteiger partial charge in [-0.1, -0.05) is 108 Å². The van der Waals surface area contributed by atoms with Gasteiger partial charge in [-0.2, -0.15) is 0 Å². The second-order valence-electron chi connectivity index (χ2n) is 39.8. The van der Waals surface area contributed by atoms with Crippen molar-refractivity contribution in [2.75, 3.05) is 82.5 Å². The summed E-state index contributed by atoms with van der Waals surface area (Å²) < 4.78 is 77.4. The number of carbonyl (C=O) groups is 10. The summed E-state index contributed by atoms with van der Waals surface area (Å²) in [6.45, 7) is 4.62. The van der Waals surface area contributed by atoms with Gasteiger partial charge in [-0.05, 0) is 92.3 Å². The zero-order valence-electron chi connectivity index (χ0n) is 83.1. The average Bonchev–Trinajstić information content (AvgIpc) is 1.02. The summed E-state index contributed by atoms with van der Waals surface area (Å²) >= 11 is 0. The lowest BCUT2D eigenvalue weighted by molar-refractivity contribution is -0.403. The summed E-state index contributed by atoms with van der Waals surface area (Å²) in [5.41, 5.74) is 9.30. The molecule has 3 aromatic carbocycles. The van der Waals surface area contributed by atoms with Crippen LogP contribution in [0, 0.1) is 29.6 Å². The first-order chi connectivity index (χ1) is 70.8. The van der Waals surface area contributed by atoms with Crippen molar-refractivity contribution in [2.24, 2.45) is 23.5 Å². The smallest absolute Gasteiger partial charge is 0.312 e. The summed E-state index contributed by atoms with van der Waals surface area (Å²) in [7, 11) is 0. The third-order valence-corrected chi connectivity index (χ3v) is 28.6. The predicted molar refractivity (Wildman–Crippen MR) is 509 cm³/mol. The number of unbranched alkanes of at least 4 members (excludes halogenated alkanes) is 4. The lowest BCUT2D eigenvalue weighted by Crippen LogP contribution is -2.69. The van der Waals surface area contributed by atoms with Gasteiger partial charge in [0.05, 0.1) is 69.2 Å². The highest BCUT2D eigenvalue weighted by Gasteiger charge is 2.60. The summed E-state index contributed by atoms with van der Waals surface area (Å²) in [6.07, 6.45) is -57.2. The number of imide groups is 1. The van der Waals surface area contributed by atoms with E-state index in [-0.39, 0.29) is 154 Å². The van der Waals surface area contributed by atoms with Crippen LogP contribution in [0.2, 0.25) is 0 Å². The van der Waals surface area contributed by atoms with E-state index >= 15 is 0 Å². The fourth-order valence-corrected chi connectivity index (χ4v) is 20.0. The zero-order valence-corrected chi connectivity index (χ0v) is 83.1. The van der Waals surface area contributed by atoms with Gasteiger partial charge < -0.3 is 175 Å². The number of esters is 1. The Balaban J connectivity index is 0.644. The van der Waals surface area contributed by atoms with Crippen molar-refractivity contribution < 1.29 is 191 Å². The summed E-state index contributed by atoms with van der Waals surface area (Å²) in [5.74, 6) is 0.404. The first-order valence-corrected chi connectivity index (χ1v) is 50.8. The number of hydrogen-bond acceptors (Lipinski definition) is 41. The molecular formula is C100H143N9O39. The number of nitrogens with zero attached hydrogens (tertiary/aromatic N) is 4. The van der Waals surface area contributed by atoms with Gasteiger partial charge in [0, 0.05) is 101 Å². The van der Waals surface area contributed by atoms with E-state index < -0.39 is 288 Å². The summed E-state index contributed by atoms with van der Waals surface area (Å²) in [4.78, 5) is 144. The van der Waals surface area contributed by atoms with Crippen molar-refractivity contribution >= 4 is 70.4 Å². The van der Waals surface area contributed by atoms with Crippen LogP contribution in [-0.2, 0) is 118 Å². The standard InChI is InChI=1S/C100H143N9O39/c1-6-62-84-72(119)78(125)94(137-62)145-86-64(44-110)141-98(82(129)76(86)123)148-89-67(47-113)140-97(81(128)75(89)122)144-85-63(138-95(79(126)73(85)120)146-87-65(45-111)142-99(83(130)77(87)124)147-88-66(46-112)139-96(143-84)80(127)74(88)121)43-106-36-38-107(39-37-106)60-41-70(118)108(92(60)133)35-16-8-11-25-68(116)104-58(23-10-7-9-22-57(114)32-33-69(117)109-42-55-20-13-12-18-52(55)28-29-53-19-14-15-24-59(53)109)91(132)105-71(49(2)3)61(115)40-54(21-17-34-102-100(101)135)90(131)103-56-30-26-51(27-31-56)48-136-93(134)50(4)5/h12-15,18-20,24,26-27,30-31,49-50,54,58,60,62-67,71-89,94-99,110-113,119-130H,6-11,16-17,21-23,25,32-48H2,1-5H3,(H,103,131)(H,104,116)(H,105,132)(H3,101,102,135)/t54-,58+,60?,62?,63?,64?,65?,66?,67?,71+,72?,73?,74?,75?,76?,77?,78?,79?,80?,81?,82?,83?,84?,85?,86?,87?,88?,89?,94?,95?,96?,97?,98?,99?/m1/s1. The molecular weight excluding hydrogens is 1950 g/mol. The van der Waals surface area contributed by atoms with Crippen molar-refractivity contribution in [3.05, 3.63) is 95.1 Å². The number of likely N-dealkylation sites (tertiary alicyclic amines) is 1. The number of nitrogens with one attached hydrogen (secondary N) is 4. The number of aliphatic hydroxyl groups excluding tert-OH is 16. The normalized spacial score (nSPS) is 33.9. The molecule has 28 rings (SSSR count). The van der Waals surface area contributed by atoms with Gasteiger partial charge in [0.25, 0.3) is 0 Å². The number of piperazine rings is 1. The fourth-order valence-electron chi connectivity index (χ4n) is 20.0. The molecule has 24 fully saturated rings. The Labute approximate surface area is 854 Å². The predicted octanol–water partition coefficient (Wildman–Crippen LogP) is -5.09. The molecule has 25 aliphatic rings. The van der Waals surface area contributed by atoms with Crippen LogP contribution in [0.5, 0.6) is 0 Å². The Morgan fingerprint density at radius 1 is 0.486 bits per heavy atom. The number of fused-ring (bicyclic) bond motifs is 2. The molecule has 0 spiro atoms. The first-order valence-electron chi connectivity index (χ1n) is 50.8. The monoisotopic (exact) mass is 2090 g/mol. The van der Waals surface area contributed by atoms with Gasteiger partial charge in [-0.3, -0.25) is 57.9 Å². The van der Waals surface area contributed by atoms with Crippen molar-refractivity contribution in [1.29, 1.82) is 0 Å². The van der Waals surface area contributed by atoms with Gasteiger partial charge in [0.15, 0.2) is 43.5 Å². The number of ketones is 2. The minimum Gasteiger partial charge on any atom is -0.461 e. The molecule has 48 heteroatoms. The molecule has 0 saturated carbocycles. The number of Topliss-reactive ketones (excluding diaryl/α,β-unsaturated/α-hetero) is 2. The Morgan fingerprint density at radius 2 is 0.953 bits per heavy atom. The van der Waals surface area contributed by atoms with Gasteiger partial charge >= 0.3 is 12.0 Å². The van der Waals surface area contributed by atoms with Crippen LogP contribution in [0.1, 0.15) is 160 Å². The van der Waals surface area contributed by atoms with Gasteiger partial charge in [0.2, 0.25) is 35.4 Å². The maximum absolute atomic E-state index is 14.7. The third kappa shape index (κ3) is 28.8. The molecule has 0 aromatic heterocycles. The molecule has 0 aliphatic carbocycles. The van der Waals surface area contributed by atoms with Crippen molar-refractivity contribution in [2.45, 2.75) is 353 Å². The molecule has 25 heterocycles. The van der Waals surface area contributed by atoms with E-state index in [1.54, 1.807) is 73.6 Å². The van der Waals surface area contributed by atoms with Crippen LogP contribution in [0.15, 0.2) is 72.8 Å². The SMILES string of the molecule is CCC1OC2OC3C(CO)OC(OC4C(CO)OC(OC5C(CN6CCN(C7CC(=O)N(CCCCCC(=O)N[C@@H](CCCCCC(=O)CCC(=O)N8Cc9ccccc9C#Cc9ccccc98)C(=O)N[C@H](C(=O)C[C@@H](CCCNC(N)=O)C(=O)Nc8ccc(COC(=O)C(C)C)cc8)C(C)C)C7=O)CC6)OC(OC6C(CO)OC(OC7C(CO)OC(OC1C(O)C2O)C(O)C7O)C(O)C6O)C(O)C5O)C(O)C4O)C(O)C3O. The van der Waals surface area contributed by atoms with Gasteiger partial charge in [-0.15, -0.1) is 0 Å². The number of ether oxygens (including phenoxy) is 13. The van der Waals surface area contributed by atoms with E-state index in [2.05, 4.69) is 33.1 Å². The highest BCUT2D eigenvalue weighted by molar-refractivity contribution is 6.05. The first kappa shape index (κ1) is 116. The molecule has 12 bridgehead atoms. The molecule has 822 valence electrons. The molecule has 25 aliphatic heterocycles. The van der Waals surface area contributed by atoms with Crippen LogP contribution in [0.4, 0.5) is 16.2 Å². The second-order valence-corrected chi connectivity index (χ2v) is 39.8. The number of carbonyl (C=O) groups excluding carboxylic acids is 10. The molecule has 31 unspecified atom stereocenters. The van der Waals surface area contributed by atoms with Crippen LogP contribution in [0.25, 0.3) is 0 Å². The lowest BCUT2D eigenvalue weighted by atomic mass is 9.89. The van der Waals surface area contributed by atoms with E-state index in [0.717, 1.165) is 16.0 Å². The number of anilines is 2. The molecule has 48 nitrogen and oxygen atoms in total. The van der Waals surface area contributed by atoms with Crippen LogP contribution in [0.3, 0.4) is 0 Å². The number of hydrogen-bond donors (Lipinski definition) is 21. The van der Waals surface area contributed by atoms with Crippen LogP contribution < -0.4 is 31.9 Å². The molecule has 34 atom stereocenters. The molecule has 148 heavy (non-hydrogen) atoms. The maximum atomic E-state index is 14.7. The molecule has 22 N–H and O–H groups in total. The highest BCUT2D eigenvalue weighted by Crippen LogP contribution is 2.41. The molecule has 8 amide bonds. The summed E-state index contributed by atoms with van der Waals surface area (Å²) in [6, 6.07) is 17.3. The number of nitrogens with two attached hydrogens (primary N) is 1. The quantitative estimate of drug-likeness (QED) is 0.0110. The topological polar surface area (TPSA) is 701 Å². The molecule has 3 aromatic rings. The number of amides is 8. The maximum Gasteiger partial charge on any atom is 0.312 e. The average molecular weight is 2100 g/mol. The number of aliphatic hydroxyl groups is 16. The Bertz CT molecular complexity index is 4960. The largest absolute Gasteiger partial charge is 0.461 e. The van der Waals surface area contributed by atoms with Gasteiger partial charge in [-0.25, -0.2) is 4.79 Å². The fraction of sp³-hybridized carbons (Fsp3) is 0.700. The van der Waals surface area contributed by atoms with E-state index in [1.165, 1.54) is 0 Å². The van der Waals surface area contributed by atoms with Crippen molar-refractivity contribution in [3.63, 3.8) is 0 Å². The number of benzene rings is 3. The number of urea groups is 1. The summed E-state index contributed by atoms with van der Waals surface area (Å²) in [5, 5.41) is 195. The Morgan fingerprint density at radius 3 is 1.45 bits per heavy atom. The third-order valence-electron chi connectivity index (χ3n) is 28.6. The number of para-hydroxylation sites is 1. The number of primary amides is 1. The van der Waals surface area contributed by atoms with E-state index in [0.29, 0.717) is 48.2 Å². The highest BCUT2D eigenvalue weighted by atomic mass is 16.8. The van der Waals surface area contributed by atoms with Crippen LogP contribution in [-0.4, -0.2) is 430 Å². The minimum atomic E-state index is -2.23. The Hall–Kier alpha value is -8.88. The Kier molecular flexibility index (Phi) is 42.5. The minimum absolute atomic E-state index is 0.00427. The van der Waals surface area contributed by atoms with E-state index in [9.17, 15) is 130 Å². The number of rotatable bonds is 39. The van der Waals surface area contributed by atoms with E-state index in [4.69, 9.17) is 67.3 Å². The molecule has 0 radical (unpaired) electrons.